The minimum absolute atomic E-state index is 0.145. The van der Waals surface area contributed by atoms with Crippen LogP contribution in [0.2, 0.25) is 0 Å². The van der Waals surface area contributed by atoms with Crippen LogP contribution in [-0.4, -0.2) is 35.1 Å². The van der Waals surface area contributed by atoms with Crippen LogP contribution in [0.4, 0.5) is 0 Å². The van der Waals surface area contributed by atoms with Gasteiger partial charge in [-0.15, -0.1) is 22.7 Å². The fourth-order valence-electron chi connectivity index (χ4n) is 2.73. The maximum atomic E-state index is 12.6. The lowest BCUT2D eigenvalue weighted by molar-refractivity contribution is 0.0579. The minimum Gasteiger partial charge on any atom is -0.396 e. The summed E-state index contributed by atoms with van der Waals surface area (Å²) in [6.07, 6.45) is 3.96. The van der Waals surface area contributed by atoms with E-state index in [4.69, 9.17) is 5.11 Å². The number of carbonyl (C=O) groups excluding carboxylic acids is 1. The van der Waals surface area contributed by atoms with Crippen LogP contribution in [0.15, 0.2) is 17.5 Å². The largest absolute Gasteiger partial charge is 0.396 e. The monoisotopic (exact) mass is 295 g/mol. The normalized spacial score (nSPS) is 20.1. The van der Waals surface area contributed by atoms with Crippen LogP contribution in [0, 0.1) is 0 Å². The van der Waals surface area contributed by atoms with E-state index in [0.717, 1.165) is 30.7 Å². The summed E-state index contributed by atoms with van der Waals surface area (Å²) < 4.78 is 2.40. The Hall–Kier alpha value is -0.910. The second-order valence-corrected chi connectivity index (χ2v) is 6.95. The first-order valence-corrected chi connectivity index (χ1v) is 8.38. The van der Waals surface area contributed by atoms with Gasteiger partial charge in [0.25, 0.3) is 5.91 Å². The van der Waals surface area contributed by atoms with E-state index in [-0.39, 0.29) is 18.6 Å². The second-order valence-electron chi connectivity index (χ2n) is 4.92. The molecule has 0 saturated carbocycles. The number of rotatable bonds is 3. The first-order valence-electron chi connectivity index (χ1n) is 6.68. The highest BCUT2D eigenvalue weighted by Crippen LogP contribution is 2.32. The molecule has 1 aliphatic heterocycles. The van der Waals surface area contributed by atoms with Gasteiger partial charge < -0.3 is 10.0 Å². The Morgan fingerprint density at radius 2 is 2.32 bits per heavy atom. The summed E-state index contributed by atoms with van der Waals surface area (Å²) in [5.74, 6) is 0.145. The van der Waals surface area contributed by atoms with Crippen LogP contribution < -0.4 is 0 Å². The van der Waals surface area contributed by atoms with Crippen LogP contribution in [0.5, 0.6) is 0 Å². The van der Waals surface area contributed by atoms with E-state index in [1.165, 1.54) is 9.40 Å². The number of likely N-dealkylation sites (tertiary alicyclic amines) is 1. The molecule has 3 rings (SSSR count). The molecule has 1 N–H and O–H groups in total. The SMILES string of the molecule is O=C(c1cc2sccc2s1)N1CCCCC1CCO. The molecular formula is C14H17NO2S2. The lowest BCUT2D eigenvalue weighted by atomic mass is 9.99. The van der Waals surface area contributed by atoms with Crippen molar-refractivity contribution >= 4 is 38.0 Å². The van der Waals surface area contributed by atoms with Gasteiger partial charge in [-0.25, -0.2) is 0 Å². The van der Waals surface area contributed by atoms with Crippen molar-refractivity contribution in [3.8, 4) is 0 Å². The van der Waals surface area contributed by atoms with Crippen LogP contribution in [0.3, 0.4) is 0 Å². The zero-order valence-electron chi connectivity index (χ0n) is 10.7. The van der Waals surface area contributed by atoms with Gasteiger partial charge in [-0.05, 0) is 43.2 Å². The predicted octanol–water partition coefficient (Wildman–Crippen LogP) is 3.34. The average molecular weight is 295 g/mol. The third-order valence-corrected chi connectivity index (χ3v) is 5.78. The Morgan fingerprint density at radius 3 is 3.11 bits per heavy atom. The standard InChI is InChI=1S/C14H17NO2S2/c16-7-4-10-3-1-2-6-15(10)14(17)13-9-12-11(19-13)5-8-18-12/h5,8-10,16H,1-4,6-7H2. The molecule has 1 unspecified atom stereocenters. The molecule has 3 nitrogen and oxygen atoms in total. The molecule has 1 atom stereocenters. The van der Waals surface area contributed by atoms with Gasteiger partial charge in [-0.3, -0.25) is 4.79 Å². The highest BCUT2D eigenvalue weighted by atomic mass is 32.1. The van der Waals surface area contributed by atoms with Crippen LogP contribution in [0.1, 0.15) is 35.4 Å². The molecule has 102 valence electrons. The van der Waals surface area contributed by atoms with Crippen molar-refractivity contribution < 1.29 is 9.90 Å². The summed E-state index contributed by atoms with van der Waals surface area (Å²) in [5, 5.41) is 11.2. The molecule has 2 aromatic heterocycles. The highest BCUT2D eigenvalue weighted by molar-refractivity contribution is 7.27. The second kappa shape index (κ2) is 5.61. The van der Waals surface area contributed by atoms with E-state index in [2.05, 4.69) is 11.4 Å². The van der Waals surface area contributed by atoms with Gasteiger partial charge in [0, 0.05) is 28.6 Å². The number of aliphatic hydroxyl groups is 1. The molecule has 1 aliphatic rings. The molecule has 0 aromatic carbocycles. The first-order chi connectivity index (χ1) is 9.29. The molecule has 1 fully saturated rings. The molecule has 3 heterocycles. The van der Waals surface area contributed by atoms with Crippen molar-refractivity contribution in [2.24, 2.45) is 0 Å². The maximum Gasteiger partial charge on any atom is 0.264 e. The van der Waals surface area contributed by atoms with Gasteiger partial charge in [0.15, 0.2) is 0 Å². The number of nitrogens with zero attached hydrogens (tertiary/aromatic N) is 1. The fourth-order valence-corrected chi connectivity index (χ4v) is 4.79. The Balaban J connectivity index is 1.83. The molecule has 2 aromatic rings. The zero-order valence-corrected chi connectivity index (χ0v) is 12.3. The number of carbonyl (C=O) groups is 1. The summed E-state index contributed by atoms with van der Waals surface area (Å²) in [4.78, 5) is 15.4. The van der Waals surface area contributed by atoms with E-state index in [9.17, 15) is 4.79 Å². The van der Waals surface area contributed by atoms with Gasteiger partial charge in [0.2, 0.25) is 0 Å². The number of hydrogen-bond donors (Lipinski definition) is 1. The van der Waals surface area contributed by atoms with Crippen molar-refractivity contribution in [1.29, 1.82) is 0 Å². The molecular weight excluding hydrogens is 278 g/mol. The van der Waals surface area contributed by atoms with Crippen LogP contribution in [0.25, 0.3) is 9.40 Å². The molecule has 0 bridgehead atoms. The summed E-state index contributed by atoms with van der Waals surface area (Å²) in [7, 11) is 0. The molecule has 5 heteroatoms. The Bertz CT molecular complexity index is 544. The zero-order chi connectivity index (χ0) is 13.2. The van der Waals surface area contributed by atoms with Gasteiger partial charge in [0.1, 0.15) is 0 Å². The van der Waals surface area contributed by atoms with Crippen molar-refractivity contribution in [2.45, 2.75) is 31.7 Å². The van der Waals surface area contributed by atoms with Crippen molar-refractivity contribution in [1.82, 2.24) is 4.90 Å². The predicted molar refractivity (Wildman–Crippen MR) is 80.1 cm³/mol. The van der Waals surface area contributed by atoms with Crippen molar-refractivity contribution in [3.63, 3.8) is 0 Å². The lowest BCUT2D eigenvalue weighted by Crippen LogP contribution is -2.43. The van der Waals surface area contributed by atoms with E-state index < -0.39 is 0 Å². The molecule has 0 radical (unpaired) electrons. The van der Waals surface area contributed by atoms with E-state index in [0.29, 0.717) is 6.42 Å². The molecule has 1 saturated heterocycles. The van der Waals surface area contributed by atoms with Crippen LogP contribution >= 0.6 is 22.7 Å². The fraction of sp³-hybridized carbons (Fsp3) is 0.500. The highest BCUT2D eigenvalue weighted by Gasteiger charge is 2.28. The van der Waals surface area contributed by atoms with Crippen molar-refractivity contribution in [2.75, 3.05) is 13.2 Å². The van der Waals surface area contributed by atoms with E-state index in [1.807, 2.05) is 11.0 Å². The minimum atomic E-state index is 0.145. The first kappa shape index (κ1) is 13.1. The molecule has 19 heavy (non-hydrogen) atoms. The number of thiophene rings is 2. The van der Waals surface area contributed by atoms with Crippen LogP contribution in [-0.2, 0) is 0 Å². The van der Waals surface area contributed by atoms with Gasteiger partial charge >= 0.3 is 0 Å². The van der Waals surface area contributed by atoms with E-state index >= 15 is 0 Å². The van der Waals surface area contributed by atoms with Gasteiger partial charge in [-0.1, -0.05) is 0 Å². The number of hydrogen-bond acceptors (Lipinski definition) is 4. The molecule has 1 amide bonds. The molecule has 0 spiro atoms. The van der Waals surface area contributed by atoms with Crippen molar-refractivity contribution in [3.05, 3.63) is 22.4 Å². The average Bonchev–Trinajstić information content (AvgIpc) is 2.99. The lowest BCUT2D eigenvalue weighted by Gasteiger charge is -2.35. The summed E-state index contributed by atoms with van der Waals surface area (Å²) in [6, 6.07) is 4.30. The Labute approximate surface area is 120 Å². The Morgan fingerprint density at radius 1 is 1.42 bits per heavy atom. The number of piperidine rings is 1. The third kappa shape index (κ3) is 2.55. The summed E-state index contributed by atoms with van der Waals surface area (Å²) in [5.41, 5.74) is 0. The van der Waals surface area contributed by atoms with Gasteiger partial charge in [0.05, 0.1) is 4.88 Å². The van der Waals surface area contributed by atoms with E-state index in [1.54, 1.807) is 22.7 Å². The van der Waals surface area contributed by atoms with Gasteiger partial charge in [-0.2, -0.15) is 0 Å². The number of fused-ring (bicyclic) bond motifs is 1. The quantitative estimate of drug-likeness (QED) is 0.943. The summed E-state index contributed by atoms with van der Waals surface area (Å²) >= 11 is 3.27. The summed E-state index contributed by atoms with van der Waals surface area (Å²) in [6.45, 7) is 0.989. The Kier molecular flexibility index (Phi) is 3.86. The number of aliphatic hydroxyl groups excluding tert-OH is 1. The number of amides is 1. The molecule has 0 aliphatic carbocycles. The maximum absolute atomic E-state index is 12.6. The smallest absolute Gasteiger partial charge is 0.264 e. The third-order valence-electron chi connectivity index (χ3n) is 3.70. The topological polar surface area (TPSA) is 40.5 Å².